The molecule has 1 fully saturated rings. The fraction of sp³-hybridized carbons (Fsp3) is 0.444. The Morgan fingerprint density at radius 3 is 2.76 bits per heavy atom. The summed E-state index contributed by atoms with van der Waals surface area (Å²) in [4.78, 5) is 39.8. The lowest BCUT2D eigenvalue weighted by Crippen LogP contribution is -2.65. The second kappa shape index (κ2) is 3.65. The zero-order chi connectivity index (χ0) is 12.6. The number of aromatic nitrogens is 3. The average Bonchev–Trinajstić information content (AvgIpc) is 2.76. The summed E-state index contributed by atoms with van der Waals surface area (Å²) in [6, 6.07) is 0. The molecule has 2 rings (SSSR count). The highest BCUT2D eigenvalue weighted by atomic mass is 16.2. The number of carbonyl (C=O) groups is 3. The van der Waals surface area contributed by atoms with Gasteiger partial charge in [0.05, 0.1) is 0 Å². The average molecular weight is 237 g/mol. The molecule has 1 saturated heterocycles. The van der Waals surface area contributed by atoms with E-state index in [1.807, 2.05) is 0 Å². The lowest BCUT2D eigenvalue weighted by atomic mass is 9.98. The number of hydrogen-bond acceptors (Lipinski definition) is 5. The molecule has 0 aliphatic carbocycles. The van der Waals surface area contributed by atoms with Crippen LogP contribution in [0.1, 0.15) is 24.5 Å². The Kier molecular flexibility index (Phi) is 2.41. The van der Waals surface area contributed by atoms with Gasteiger partial charge in [-0.25, -0.2) is 4.98 Å². The van der Waals surface area contributed by atoms with Crippen LogP contribution in [0.5, 0.6) is 0 Å². The van der Waals surface area contributed by atoms with E-state index in [4.69, 9.17) is 0 Å². The number of nitrogens with one attached hydrogen (secondary N) is 2. The molecule has 0 unspecified atom stereocenters. The summed E-state index contributed by atoms with van der Waals surface area (Å²) in [5, 5.41) is 8.14. The van der Waals surface area contributed by atoms with Crippen LogP contribution in [0.3, 0.4) is 0 Å². The van der Waals surface area contributed by atoms with Gasteiger partial charge in [-0.2, -0.15) is 5.10 Å². The van der Waals surface area contributed by atoms with Crippen molar-refractivity contribution in [2.24, 2.45) is 0 Å². The van der Waals surface area contributed by atoms with Gasteiger partial charge in [0, 0.05) is 0 Å². The van der Waals surface area contributed by atoms with Crippen LogP contribution in [0.25, 0.3) is 0 Å². The molecule has 0 aromatic carbocycles. The third-order valence-corrected chi connectivity index (χ3v) is 2.65. The Balaban J connectivity index is 2.33. The number of nitrogens with zero attached hydrogens (tertiary/aromatic N) is 3. The van der Waals surface area contributed by atoms with Gasteiger partial charge in [0.15, 0.2) is 0 Å². The summed E-state index contributed by atoms with van der Waals surface area (Å²) < 4.78 is 0. The summed E-state index contributed by atoms with van der Waals surface area (Å²) >= 11 is 0. The third-order valence-electron chi connectivity index (χ3n) is 2.65. The summed E-state index contributed by atoms with van der Waals surface area (Å²) in [6.07, 6.45) is 1.19. The largest absolute Gasteiger partial charge is 0.312 e. The number of rotatable bonds is 1. The van der Waals surface area contributed by atoms with Crippen molar-refractivity contribution in [2.75, 3.05) is 6.54 Å². The van der Waals surface area contributed by atoms with Gasteiger partial charge in [-0.1, -0.05) is 0 Å². The molecule has 8 heteroatoms. The van der Waals surface area contributed by atoms with Crippen molar-refractivity contribution >= 4 is 17.7 Å². The minimum atomic E-state index is -1.10. The van der Waals surface area contributed by atoms with Gasteiger partial charge in [-0.05, 0) is 13.8 Å². The molecular formula is C9H11N5O3. The van der Waals surface area contributed by atoms with Crippen LogP contribution in [-0.2, 0) is 9.59 Å². The molecule has 1 aromatic heterocycles. The SMILES string of the molecule is CC1(C)C(=O)NC(=O)CN1C(=O)c1ncn[nH]1. The number of imide groups is 1. The number of H-pyrrole nitrogens is 1. The second-order valence-electron chi connectivity index (χ2n) is 4.16. The summed E-state index contributed by atoms with van der Waals surface area (Å²) in [7, 11) is 0. The molecule has 1 aromatic rings. The predicted molar refractivity (Wildman–Crippen MR) is 54.6 cm³/mol. The Hall–Kier alpha value is -2.25. The molecule has 0 spiro atoms. The van der Waals surface area contributed by atoms with Crippen molar-refractivity contribution in [2.45, 2.75) is 19.4 Å². The van der Waals surface area contributed by atoms with Crippen LogP contribution in [0.2, 0.25) is 0 Å². The molecule has 2 N–H and O–H groups in total. The van der Waals surface area contributed by atoms with Crippen LogP contribution in [0.4, 0.5) is 0 Å². The Morgan fingerprint density at radius 2 is 2.18 bits per heavy atom. The standard InChI is InChI=1S/C9H11N5O3/c1-9(2)8(17)12-5(15)3-14(9)7(16)6-10-4-11-13-6/h4H,3H2,1-2H3,(H,10,11,13)(H,12,15,17). The number of amides is 3. The Bertz CT molecular complexity index is 479. The van der Waals surface area contributed by atoms with Crippen molar-refractivity contribution < 1.29 is 14.4 Å². The minimum Gasteiger partial charge on any atom is -0.312 e. The predicted octanol–water partition coefficient (Wildman–Crippen LogP) is -1.32. The molecule has 1 aliphatic rings. The number of hydrogen-bond donors (Lipinski definition) is 2. The van der Waals surface area contributed by atoms with Gasteiger partial charge < -0.3 is 4.90 Å². The quantitative estimate of drug-likeness (QED) is 0.589. The molecule has 3 amide bonds. The van der Waals surface area contributed by atoms with E-state index < -0.39 is 23.3 Å². The first-order chi connectivity index (χ1) is 7.93. The molecule has 1 aliphatic heterocycles. The molecule has 0 radical (unpaired) electrons. The highest BCUT2D eigenvalue weighted by molar-refractivity contribution is 6.08. The smallest absolute Gasteiger partial charge is 0.292 e. The number of aromatic amines is 1. The van der Waals surface area contributed by atoms with E-state index in [9.17, 15) is 14.4 Å². The fourth-order valence-corrected chi connectivity index (χ4v) is 1.54. The first-order valence-electron chi connectivity index (χ1n) is 4.94. The molecule has 0 atom stereocenters. The lowest BCUT2D eigenvalue weighted by molar-refractivity contribution is -0.143. The van der Waals surface area contributed by atoms with Gasteiger partial charge in [0.1, 0.15) is 18.4 Å². The van der Waals surface area contributed by atoms with Gasteiger partial charge in [0.2, 0.25) is 11.7 Å². The van der Waals surface area contributed by atoms with Crippen molar-refractivity contribution in [3.63, 3.8) is 0 Å². The van der Waals surface area contributed by atoms with Gasteiger partial charge in [-0.3, -0.25) is 24.8 Å². The monoisotopic (exact) mass is 237 g/mol. The van der Waals surface area contributed by atoms with E-state index in [2.05, 4.69) is 20.5 Å². The number of carbonyl (C=O) groups excluding carboxylic acids is 3. The van der Waals surface area contributed by atoms with Crippen LogP contribution in [-0.4, -0.2) is 49.9 Å². The lowest BCUT2D eigenvalue weighted by Gasteiger charge is -2.39. The second-order valence-corrected chi connectivity index (χ2v) is 4.16. The first-order valence-corrected chi connectivity index (χ1v) is 4.94. The van der Waals surface area contributed by atoms with Gasteiger partial charge in [0.25, 0.3) is 11.8 Å². The van der Waals surface area contributed by atoms with Gasteiger partial charge in [-0.15, -0.1) is 0 Å². The third kappa shape index (κ3) is 1.77. The maximum absolute atomic E-state index is 12.0. The maximum Gasteiger partial charge on any atom is 0.292 e. The molecule has 0 saturated carbocycles. The fourth-order valence-electron chi connectivity index (χ4n) is 1.54. The van der Waals surface area contributed by atoms with Crippen LogP contribution in [0.15, 0.2) is 6.33 Å². The van der Waals surface area contributed by atoms with E-state index in [-0.39, 0.29) is 12.4 Å². The number of piperazine rings is 1. The summed E-state index contributed by atoms with van der Waals surface area (Å²) in [5.41, 5.74) is -1.10. The van der Waals surface area contributed by atoms with E-state index in [0.717, 1.165) is 4.90 Å². The van der Waals surface area contributed by atoms with Crippen molar-refractivity contribution in [3.05, 3.63) is 12.2 Å². The summed E-state index contributed by atoms with van der Waals surface area (Å²) in [6.45, 7) is 2.93. The zero-order valence-corrected chi connectivity index (χ0v) is 9.35. The van der Waals surface area contributed by atoms with Crippen molar-refractivity contribution in [1.29, 1.82) is 0 Å². The zero-order valence-electron chi connectivity index (χ0n) is 9.35. The van der Waals surface area contributed by atoms with Crippen LogP contribution >= 0.6 is 0 Å². The minimum absolute atomic E-state index is 0.000532. The van der Waals surface area contributed by atoms with Crippen LogP contribution < -0.4 is 5.32 Å². The Morgan fingerprint density at radius 1 is 1.47 bits per heavy atom. The molecule has 8 nitrogen and oxygen atoms in total. The van der Waals surface area contributed by atoms with E-state index in [0.29, 0.717) is 0 Å². The van der Waals surface area contributed by atoms with Crippen molar-refractivity contribution in [3.8, 4) is 0 Å². The van der Waals surface area contributed by atoms with Crippen molar-refractivity contribution in [1.82, 2.24) is 25.4 Å². The highest BCUT2D eigenvalue weighted by Crippen LogP contribution is 2.19. The van der Waals surface area contributed by atoms with E-state index >= 15 is 0 Å². The highest BCUT2D eigenvalue weighted by Gasteiger charge is 2.44. The maximum atomic E-state index is 12.0. The van der Waals surface area contributed by atoms with Crippen LogP contribution in [0, 0.1) is 0 Å². The van der Waals surface area contributed by atoms with E-state index in [1.165, 1.54) is 6.33 Å². The molecule has 90 valence electrons. The normalized spacial score (nSPS) is 19.1. The molecule has 2 heterocycles. The Labute approximate surface area is 96.4 Å². The molecule has 0 bridgehead atoms. The van der Waals surface area contributed by atoms with E-state index in [1.54, 1.807) is 13.8 Å². The first kappa shape index (κ1) is 11.2. The van der Waals surface area contributed by atoms with Gasteiger partial charge >= 0.3 is 0 Å². The summed E-state index contributed by atoms with van der Waals surface area (Å²) in [5.74, 6) is -1.56. The molecule has 17 heavy (non-hydrogen) atoms. The molecular weight excluding hydrogens is 226 g/mol. The topological polar surface area (TPSA) is 108 Å².